The molecule has 1 heterocycles. The highest BCUT2D eigenvalue weighted by Crippen LogP contribution is 2.26. The first-order chi connectivity index (χ1) is 14.7. The van der Waals surface area contributed by atoms with Crippen LogP contribution in [0.4, 0.5) is 5.69 Å². The van der Waals surface area contributed by atoms with Crippen molar-refractivity contribution >= 4 is 45.9 Å². The average Bonchev–Trinajstić information content (AvgIpc) is 2.78. The van der Waals surface area contributed by atoms with Crippen molar-refractivity contribution in [2.24, 2.45) is 0 Å². The van der Waals surface area contributed by atoms with E-state index in [9.17, 15) is 4.79 Å². The molecular formula is C23H18ClN3O2S. The van der Waals surface area contributed by atoms with Gasteiger partial charge in [-0.2, -0.15) is 0 Å². The highest BCUT2D eigenvalue weighted by atomic mass is 35.5. The van der Waals surface area contributed by atoms with Crippen molar-refractivity contribution in [2.45, 2.75) is 11.6 Å². The lowest BCUT2D eigenvalue weighted by molar-refractivity contribution is -0.113. The Hall–Kier alpha value is -3.09. The Labute approximate surface area is 183 Å². The molecule has 0 fully saturated rings. The minimum Gasteiger partial charge on any atom is -0.486 e. The minimum absolute atomic E-state index is 0.155. The minimum atomic E-state index is -0.155. The molecule has 0 aliphatic rings. The maximum Gasteiger partial charge on any atom is 0.234 e. The Kier molecular flexibility index (Phi) is 6.47. The molecule has 1 amide bonds. The van der Waals surface area contributed by atoms with Gasteiger partial charge in [-0.05, 0) is 30.3 Å². The molecule has 3 aromatic carbocycles. The van der Waals surface area contributed by atoms with Gasteiger partial charge in [-0.15, -0.1) is 0 Å². The lowest BCUT2D eigenvalue weighted by atomic mass is 10.2. The van der Waals surface area contributed by atoms with Crippen LogP contribution in [-0.2, 0) is 11.4 Å². The fraction of sp³-hybridized carbons (Fsp3) is 0.0870. The van der Waals surface area contributed by atoms with E-state index in [0.717, 1.165) is 21.7 Å². The highest BCUT2D eigenvalue weighted by Gasteiger charge is 2.12. The van der Waals surface area contributed by atoms with Crippen LogP contribution in [0.2, 0.25) is 5.02 Å². The quantitative estimate of drug-likeness (QED) is 0.302. The second kappa shape index (κ2) is 9.61. The first-order valence-electron chi connectivity index (χ1n) is 9.30. The fourth-order valence-electron chi connectivity index (χ4n) is 2.82. The van der Waals surface area contributed by atoms with E-state index in [4.69, 9.17) is 16.3 Å². The molecule has 0 bridgehead atoms. The van der Waals surface area contributed by atoms with Crippen LogP contribution in [-0.4, -0.2) is 21.6 Å². The summed E-state index contributed by atoms with van der Waals surface area (Å²) in [7, 11) is 0. The number of hydrogen-bond acceptors (Lipinski definition) is 5. The third-order valence-electron chi connectivity index (χ3n) is 4.21. The van der Waals surface area contributed by atoms with Gasteiger partial charge in [-0.1, -0.05) is 71.9 Å². The molecule has 0 aliphatic carbocycles. The van der Waals surface area contributed by atoms with E-state index in [1.807, 2.05) is 66.7 Å². The van der Waals surface area contributed by atoms with Crippen LogP contribution in [0.15, 0.2) is 83.9 Å². The number of nitrogens with zero attached hydrogens (tertiary/aromatic N) is 2. The lowest BCUT2D eigenvalue weighted by Crippen LogP contribution is -2.14. The van der Waals surface area contributed by atoms with E-state index >= 15 is 0 Å². The van der Waals surface area contributed by atoms with Crippen LogP contribution in [0.25, 0.3) is 10.9 Å². The molecule has 0 saturated heterocycles. The first-order valence-corrected chi connectivity index (χ1v) is 10.7. The summed E-state index contributed by atoms with van der Waals surface area (Å²) in [5, 5.41) is 4.97. The van der Waals surface area contributed by atoms with Crippen molar-refractivity contribution in [3.8, 4) is 5.75 Å². The lowest BCUT2D eigenvalue weighted by Gasteiger charge is -2.10. The van der Waals surface area contributed by atoms with Crippen LogP contribution in [0.1, 0.15) is 5.82 Å². The van der Waals surface area contributed by atoms with Gasteiger partial charge in [-0.25, -0.2) is 9.97 Å². The van der Waals surface area contributed by atoms with E-state index in [0.29, 0.717) is 16.5 Å². The van der Waals surface area contributed by atoms with Gasteiger partial charge in [0.25, 0.3) is 0 Å². The maximum atomic E-state index is 12.4. The Morgan fingerprint density at radius 3 is 2.50 bits per heavy atom. The van der Waals surface area contributed by atoms with Crippen LogP contribution in [0, 0.1) is 0 Å². The van der Waals surface area contributed by atoms with Gasteiger partial charge in [0, 0.05) is 5.39 Å². The second-order valence-electron chi connectivity index (χ2n) is 6.38. The SMILES string of the molecule is O=C(CSc1nc(COc2ccccc2)nc2ccccc12)Nc1ccccc1Cl. The number of carbonyl (C=O) groups is 1. The van der Waals surface area contributed by atoms with Gasteiger partial charge < -0.3 is 10.1 Å². The van der Waals surface area contributed by atoms with Crippen LogP contribution in [0.5, 0.6) is 5.75 Å². The highest BCUT2D eigenvalue weighted by molar-refractivity contribution is 8.00. The van der Waals surface area contributed by atoms with E-state index in [2.05, 4.69) is 15.3 Å². The number of amides is 1. The third kappa shape index (κ3) is 5.09. The van der Waals surface area contributed by atoms with Crippen LogP contribution < -0.4 is 10.1 Å². The van der Waals surface area contributed by atoms with Crippen LogP contribution in [0.3, 0.4) is 0 Å². The topological polar surface area (TPSA) is 64.1 Å². The Bertz CT molecular complexity index is 1170. The molecule has 4 aromatic rings. The smallest absolute Gasteiger partial charge is 0.234 e. The van der Waals surface area contributed by atoms with E-state index in [1.54, 1.807) is 12.1 Å². The molecule has 30 heavy (non-hydrogen) atoms. The molecule has 0 unspecified atom stereocenters. The number of para-hydroxylation sites is 3. The normalized spacial score (nSPS) is 10.7. The average molecular weight is 436 g/mol. The van der Waals surface area contributed by atoms with Crippen LogP contribution >= 0.6 is 23.4 Å². The van der Waals surface area contributed by atoms with Crippen molar-refractivity contribution in [3.05, 3.63) is 89.7 Å². The predicted molar refractivity (Wildman–Crippen MR) is 121 cm³/mol. The van der Waals surface area contributed by atoms with Crippen molar-refractivity contribution < 1.29 is 9.53 Å². The summed E-state index contributed by atoms with van der Waals surface area (Å²) < 4.78 is 5.79. The summed E-state index contributed by atoms with van der Waals surface area (Å²) in [6.07, 6.45) is 0. The molecule has 4 rings (SSSR count). The number of hydrogen-bond donors (Lipinski definition) is 1. The summed E-state index contributed by atoms with van der Waals surface area (Å²) in [6, 6.07) is 24.4. The third-order valence-corrected chi connectivity index (χ3v) is 5.53. The second-order valence-corrected chi connectivity index (χ2v) is 7.75. The number of rotatable bonds is 7. The Morgan fingerprint density at radius 1 is 0.933 bits per heavy atom. The maximum absolute atomic E-state index is 12.4. The van der Waals surface area contributed by atoms with E-state index < -0.39 is 0 Å². The number of carbonyl (C=O) groups excluding carboxylic acids is 1. The Balaban J connectivity index is 1.49. The number of anilines is 1. The van der Waals surface area contributed by atoms with Gasteiger partial charge in [0.05, 0.1) is 22.0 Å². The molecule has 150 valence electrons. The summed E-state index contributed by atoms with van der Waals surface area (Å²) in [6.45, 7) is 0.244. The molecule has 5 nitrogen and oxygen atoms in total. The van der Waals surface area contributed by atoms with Gasteiger partial charge >= 0.3 is 0 Å². The van der Waals surface area contributed by atoms with Crippen molar-refractivity contribution in [1.29, 1.82) is 0 Å². The molecule has 1 N–H and O–H groups in total. The summed E-state index contributed by atoms with van der Waals surface area (Å²) in [4.78, 5) is 21.6. The molecule has 0 aliphatic heterocycles. The van der Waals surface area contributed by atoms with Crippen molar-refractivity contribution in [3.63, 3.8) is 0 Å². The summed E-state index contributed by atoms with van der Waals surface area (Å²) >= 11 is 7.47. The molecule has 7 heteroatoms. The molecule has 0 saturated carbocycles. The molecule has 0 spiro atoms. The molecule has 0 radical (unpaired) electrons. The Morgan fingerprint density at radius 2 is 1.67 bits per heavy atom. The molecule has 1 aromatic heterocycles. The number of nitrogens with one attached hydrogen (secondary N) is 1. The van der Waals surface area contributed by atoms with Gasteiger partial charge in [0.15, 0.2) is 5.82 Å². The van der Waals surface area contributed by atoms with Gasteiger partial charge in [0.1, 0.15) is 17.4 Å². The summed E-state index contributed by atoms with van der Waals surface area (Å²) in [5.74, 6) is 1.36. The monoisotopic (exact) mass is 435 g/mol. The zero-order chi connectivity index (χ0) is 20.8. The van der Waals surface area contributed by atoms with Crippen molar-refractivity contribution in [1.82, 2.24) is 9.97 Å². The molecular weight excluding hydrogens is 418 g/mol. The van der Waals surface area contributed by atoms with Crippen molar-refractivity contribution in [2.75, 3.05) is 11.1 Å². The number of halogens is 1. The number of ether oxygens (including phenoxy) is 1. The molecule has 0 atom stereocenters. The number of thioether (sulfide) groups is 1. The zero-order valence-electron chi connectivity index (χ0n) is 15.9. The standard InChI is InChI=1S/C23H18ClN3O2S/c24-18-11-5-7-13-20(18)26-22(28)15-30-23-17-10-4-6-12-19(17)25-21(27-23)14-29-16-8-2-1-3-9-16/h1-13H,14-15H2,(H,26,28). The van der Waals surface area contributed by atoms with E-state index in [-0.39, 0.29) is 18.3 Å². The summed E-state index contributed by atoms with van der Waals surface area (Å²) in [5.41, 5.74) is 1.41. The van der Waals surface area contributed by atoms with Gasteiger partial charge in [-0.3, -0.25) is 4.79 Å². The zero-order valence-corrected chi connectivity index (χ0v) is 17.5. The largest absolute Gasteiger partial charge is 0.486 e. The predicted octanol–water partition coefficient (Wildman–Crippen LogP) is 5.59. The number of aromatic nitrogens is 2. The van der Waals surface area contributed by atoms with E-state index in [1.165, 1.54) is 11.8 Å². The number of benzene rings is 3. The first kappa shape index (κ1) is 20.2. The van der Waals surface area contributed by atoms with Gasteiger partial charge in [0.2, 0.25) is 5.91 Å². The fourth-order valence-corrected chi connectivity index (χ4v) is 3.84. The number of fused-ring (bicyclic) bond motifs is 1.